The van der Waals surface area contributed by atoms with E-state index >= 15 is 0 Å². The number of piperazine rings is 1. The van der Waals surface area contributed by atoms with E-state index in [9.17, 15) is 14.7 Å². The fraction of sp³-hybridized carbons (Fsp3) is 0.562. The third-order valence-electron chi connectivity index (χ3n) is 4.62. The number of aromatic amines is 1. The van der Waals surface area contributed by atoms with Crippen LogP contribution in [-0.2, 0) is 9.59 Å². The Hall–Kier alpha value is -2.19. The molecule has 1 aromatic rings. The number of rotatable bonds is 4. The molecule has 0 bridgehead atoms. The number of aromatic nitrogens is 2. The van der Waals surface area contributed by atoms with Crippen LogP contribution in [-0.4, -0.2) is 69.6 Å². The van der Waals surface area contributed by atoms with Gasteiger partial charge in [-0.15, -0.1) is 0 Å². The predicted molar refractivity (Wildman–Crippen MR) is 87.8 cm³/mol. The van der Waals surface area contributed by atoms with Crippen molar-refractivity contribution in [2.75, 3.05) is 19.6 Å². The van der Waals surface area contributed by atoms with Gasteiger partial charge < -0.3 is 20.7 Å². The Kier molecular flexibility index (Phi) is 5.27. The Morgan fingerprint density at radius 2 is 2.33 bits per heavy atom. The van der Waals surface area contributed by atoms with E-state index in [1.54, 1.807) is 18.6 Å². The van der Waals surface area contributed by atoms with Gasteiger partial charge in [-0.05, 0) is 25.3 Å². The van der Waals surface area contributed by atoms with Crippen molar-refractivity contribution in [3.63, 3.8) is 0 Å². The molecule has 130 valence electrons. The van der Waals surface area contributed by atoms with Crippen LogP contribution in [0.3, 0.4) is 0 Å². The molecule has 1 aromatic heterocycles. The van der Waals surface area contributed by atoms with E-state index in [4.69, 9.17) is 0 Å². The Labute approximate surface area is 140 Å². The first-order valence-corrected chi connectivity index (χ1v) is 8.29. The van der Waals surface area contributed by atoms with E-state index in [0.717, 1.165) is 31.5 Å². The molecule has 24 heavy (non-hydrogen) atoms. The van der Waals surface area contributed by atoms with Crippen LogP contribution in [0.1, 0.15) is 25.0 Å². The number of nitrogens with zero attached hydrogens (tertiary/aromatic N) is 2. The van der Waals surface area contributed by atoms with Gasteiger partial charge in [0.15, 0.2) is 0 Å². The van der Waals surface area contributed by atoms with Gasteiger partial charge in [0, 0.05) is 25.2 Å². The van der Waals surface area contributed by atoms with Gasteiger partial charge in [-0.25, -0.2) is 4.98 Å². The zero-order valence-electron chi connectivity index (χ0n) is 13.4. The zero-order valence-corrected chi connectivity index (χ0v) is 13.4. The normalized spacial score (nSPS) is 28.7. The summed E-state index contributed by atoms with van der Waals surface area (Å²) in [6.45, 7) is 1.64. The minimum atomic E-state index is -0.672. The highest BCUT2D eigenvalue weighted by Gasteiger charge is 2.37. The maximum absolute atomic E-state index is 12.1. The van der Waals surface area contributed by atoms with Crippen LogP contribution in [0.5, 0.6) is 0 Å². The Morgan fingerprint density at radius 1 is 1.46 bits per heavy atom. The molecule has 8 heteroatoms. The molecule has 0 spiro atoms. The highest BCUT2D eigenvalue weighted by Crippen LogP contribution is 2.24. The van der Waals surface area contributed by atoms with Crippen LogP contribution < -0.4 is 10.6 Å². The molecule has 2 fully saturated rings. The number of aliphatic hydroxyl groups is 1. The molecule has 1 saturated heterocycles. The first kappa shape index (κ1) is 16.7. The number of H-pyrrole nitrogens is 1. The standard InChI is InChI=1S/C16H23N5O3/c22-14(5-4-11-8-17-10-19-11)20-12-2-1-3-13(16(12)24)21-7-6-18-15(23)9-21/h4-5,8,10,12-13,16,24H,1-3,6-7,9H2,(H,17,19)(H,18,23)(H,20,22)/b5-4+/t12-,13-,16-/m1/s1. The summed E-state index contributed by atoms with van der Waals surface area (Å²) in [7, 11) is 0. The molecular formula is C16H23N5O3. The fourth-order valence-electron chi connectivity index (χ4n) is 3.41. The molecule has 8 nitrogen and oxygen atoms in total. The number of hydrogen-bond acceptors (Lipinski definition) is 5. The minimum Gasteiger partial charge on any atom is -0.389 e. The van der Waals surface area contributed by atoms with E-state index < -0.39 is 6.10 Å². The van der Waals surface area contributed by atoms with Gasteiger partial charge in [0.05, 0.1) is 36.9 Å². The molecule has 3 atom stereocenters. The molecule has 2 aliphatic rings. The number of imidazole rings is 1. The van der Waals surface area contributed by atoms with Crippen molar-refractivity contribution in [2.24, 2.45) is 0 Å². The quantitative estimate of drug-likeness (QED) is 0.542. The van der Waals surface area contributed by atoms with E-state index in [1.807, 2.05) is 4.90 Å². The molecule has 0 aromatic carbocycles. The van der Waals surface area contributed by atoms with E-state index in [2.05, 4.69) is 20.6 Å². The average Bonchev–Trinajstić information content (AvgIpc) is 3.08. The van der Waals surface area contributed by atoms with Crippen LogP contribution in [0, 0.1) is 0 Å². The lowest BCUT2D eigenvalue weighted by Crippen LogP contribution is -2.60. The molecule has 2 heterocycles. The topological polar surface area (TPSA) is 110 Å². The van der Waals surface area contributed by atoms with Crippen molar-refractivity contribution in [1.82, 2.24) is 25.5 Å². The Balaban J connectivity index is 1.57. The lowest BCUT2D eigenvalue weighted by atomic mass is 9.86. The third kappa shape index (κ3) is 4.01. The van der Waals surface area contributed by atoms with Crippen molar-refractivity contribution in [3.8, 4) is 0 Å². The summed E-state index contributed by atoms with van der Waals surface area (Å²) in [5.41, 5.74) is 0.742. The number of amides is 2. The molecule has 4 N–H and O–H groups in total. The number of carbonyl (C=O) groups excluding carboxylic acids is 2. The summed E-state index contributed by atoms with van der Waals surface area (Å²) in [4.78, 5) is 32.4. The summed E-state index contributed by atoms with van der Waals surface area (Å²) in [5.74, 6) is -0.257. The molecular weight excluding hydrogens is 310 g/mol. The molecule has 0 radical (unpaired) electrons. The van der Waals surface area contributed by atoms with Gasteiger partial charge >= 0.3 is 0 Å². The zero-order chi connectivity index (χ0) is 16.9. The largest absolute Gasteiger partial charge is 0.389 e. The van der Waals surface area contributed by atoms with Crippen LogP contribution in [0.2, 0.25) is 0 Å². The van der Waals surface area contributed by atoms with Crippen molar-refractivity contribution in [2.45, 2.75) is 37.5 Å². The molecule has 1 saturated carbocycles. The first-order valence-electron chi connectivity index (χ1n) is 8.29. The van der Waals surface area contributed by atoms with Crippen molar-refractivity contribution in [1.29, 1.82) is 0 Å². The van der Waals surface area contributed by atoms with E-state index in [1.165, 1.54) is 6.08 Å². The van der Waals surface area contributed by atoms with Gasteiger partial charge in [-0.3, -0.25) is 14.5 Å². The van der Waals surface area contributed by atoms with Crippen molar-refractivity contribution < 1.29 is 14.7 Å². The van der Waals surface area contributed by atoms with Gasteiger partial charge in [0.2, 0.25) is 11.8 Å². The smallest absolute Gasteiger partial charge is 0.244 e. The highest BCUT2D eigenvalue weighted by molar-refractivity contribution is 5.91. The van der Waals surface area contributed by atoms with Crippen LogP contribution in [0.25, 0.3) is 6.08 Å². The van der Waals surface area contributed by atoms with E-state index in [-0.39, 0.29) is 23.9 Å². The second kappa shape index (κ2) is 7.59. The summed E-state index contributed by atoms with van der Waals surface area (Å²) in [6, 6.07) is -0.389. The summed E-state index contributed by atoms with van der Waals surface area (Å²) in [6.07, 6.45) is 8.05. The average molecular weight is 333 g/mol. The summed E-state index contributed by atoms with van der Waals surface area (Å²) < 4.78 is 0. The summed E-state index contributed by atoms with van der Waals surface area (Å²) >= 11 is 0. The maximum Gasteiger partial charge on any atom is 0.244 e. The first-order chi connectivity index (χ1) is 11.6. The van der Waals surface area contributed by atoms with E-state index in [0.29, 0.717) is 13.1 Å². The Morgan fingerprint density at radius 3 is 3.08 bits per heavy atom. The van der Waals surface area contributed by atoms with Crippen LogP contribution >= 0.6 is 0 Å². The van der Waals surface area contributed by atoms with Gasteiger partial charge in [0.25, 0.3) is 0 Å². The monoisotopic (exact) mass is 333 g/mol. The lowest BCUT2D eigenvalue weighted by Gasteiger charge is -2.42. The lowest BCUT2D eigenvalue weighted by molar-refractivity contribution is -0.127. The van der Waals surface area contributed by atoms with Gasteiger partial charge in [-0.1, -0.05) is 0 Å². The highest BCUT2D eigenvalue weighted by atomic mass is 16.3. The van der Waals surface area contributed by atoms with Crippen LogP contribution in [0.15, 0.2) is 18.6 Å². The minimum absolute atomic E-state index is 0.0119. The molecule has 1 aliphatic heterocycles. The second-order valence-electron chi connectivity index (χ2n) is 6.26. The number of hydrogen-bond donors (Lipinski definition) is 4. The predicted octanol–water partition coefficient (Wildman–Crippen LogP) is -0.747. The third-order valence-corrected chi connectivity index (χ3v) is 4.62. The molecule has 3 rings (SSSR count). The number of carbonyl (C=O) groups is 2. The van der Waals surface area contributed by atoms with Gasteiger partial charge in [-0.2, -0.15) is 0 Å². The SMILES string of the molecule is O=C(/C=C/c1cnc[nH]1)N[C@@H]1CCC[C@@H](N2CCNC(=O)C2)[C@@H]1O. The van der Waals surface area contributed by atoms with Crippen molar-refractivity contribution >= 4 is 17.9 Å². The fourth-order valence-corrected chi connectivity index (χ4v) is 3.41. The van der Waals surface area contributed by atoms with Crippen molar-refractivity contribution in [3.05, 3.63) is 24.3 Å². The maximum atomic E-state index is 12.1. The Bertz CT molecular complexity index is 601. The summed E-state index contributed by atoms with van der Waals surface area (Å²) in [5, 5.41) is 16.3. The number of aliphatic hydroxyl groups excluding tert-OH is 1. The second-order valence-corrected chi connectivity index (χ2v) is 6.26. The van der Waals surface area contributed by atoms with Gasteiger partial charge in [0.1, 0.15) is 0 Å². The molecule has 0 unspecified atom stereocenters. The van der Waals surface area contributed by atoms with Crippen LogP contribution in [0.4, 0.5) is 0 Å². The number of nitrogens with one attached hydrogen (secondary N) is 3. The molecule has 2 amide bonds. The molecule has 1 aliphatic carbocycles.